The molecule has 0 spiro atoms. The van der Waals surface area contributed by atoms with E-state index in [1.165, 1.54) is 0 Å². The zero-order valence-electron chi connectivity index (χ0n) is 8.59. The van der Waals surface area contributed by atoms with Gasteiger partial charge in [0.15, 0.2) is 0 Å². The van der Waals surface area contributed by atoms with Crippen LogP contribution in [-0.4, -0.2) is 25.0 Å². The number of benzene rings is 1. The van der Waals surface area contributed by atoms with Crippen LogP contribution >= 0.6 is 23.2 Å². The highest BCUT2D eigenvalue weighted by Gasteiger charge is 2.21. The molecule has 2 rings (SSSR count). The molecule has 1 saturated heterocycles. The van der Waals surface area contributed by atoms with Crippen LogP contribution in [-0.2, 0) is 11.2 Å². The van der Waals surface area contributed by atoms with Gasteiger partial charge in [0.2, 0.25) is 5.91 Å². The van der Waals surface area contributed by atoms with E-state index in [0.717, 1.165) is 12.1 Å². The molecule has 1 amide bonds. The summed E-state index contributed by atoms with van der Waals surface area (Å²) in [6, 6.07) is 5.26. The highest BCUT2D eigenvalue weighted by Crippen LogP contribution is 2.23. The largest absolute Gasteiger partial charge is 0.353 e. The Morgan fingerprint density at radius 3 is 2.75 bits per heavy atom. The lowest BCUT2D eigenvalue weighted by Gasteiger charge is -2.23. The van der Waals surface area contributed by atoms with Gasteiger partial charge in [-0.25, -0.2) is 0 Å². The van der Waals surface area contributed by atoms with Gasteiger partial charge >= 0.3 is 0 Å². The molecular formula is C11H12Cl2N2O. The number of halogens is 2. The quantitative estimate of drug-likeness (QED) is 0.847. The maximum atomic E-state index is 11.5. The van der Waals surface area contributed by atoms with E-state index in [9.17, 15) is 4.79 Å². The topological polar surface area (TPSA) is 41.1 Å². The summed E-state index contributed by atoms with van der Waals surface area (Å²) in [4.78, 5) is 11.5. The van der Waals surface area contributed by atoms with Gasteiger partial charge in [-0.1, -0.05) is 29.3 Å². The van der Waals surface area contributed by atoms with Crippen LogP contribution in [0.4, 0.5) is 0 Å². The molecule has 1 aliphatic rings. The lowest BCUT2D eigenvalue weighted by atomic mass is 10.0. The van der Waals surface area contributed by atoms with Gasteiger partial charge in [0, 0.05) is 13.1 Å². The van der Waals surface area contributed by atoms with Crippen molar-refractivity contribution in [3.8, 4) is 0 Å². The number of nitrogens with one attached hydrogen (secondary N) is 2. The van der Waals surface area contributed by atoms with Gasteiger partial charge in [0.25, 0.3) is 0 Å². The van der Waals surface area contributed by atoms with E-state index in [2.05, 4.69) is 10.6 Å². The molecule has 1 aliphatic heterocycles. The Balaban J connectivity index is 2.08. The fourth-order valence-corrected chi connectivity index (χ4v) is 2.04. The Labute approximate surface area is 104 Å². The first-order valence-corrected chi connectivity index (χ1v) is 5.87. The minimum atomic E-state index is -0.175. The SMILES string of the molecule is O=C1NCCNC1Cc1ccc(Cl)c(Cl)c1. The van der Waals surface area contributed by atoms with Gasteiger partial charge in [-0.3, -0.25) is 4.79 Å². The number of carbonyl (C=O) groups excluding carboxylic acids is 1. The van der Waals surface area contributed by atoms with Crippen LogP contribution in [0.25, 0.3) is 0 Å². The molecular weight excluding hydrogens is 247 g/mol. The van der Waals surface area contributed by atoms with Crippen molar-refractivity contribution in [2.75, 3.05) is 13.1 Å². The Morgan fingerprint density at radius 2 is 2.06 bits per heavy atom. The van der Waals surface area contributed by atoms with Crippen LogP contribution in [0.15, 0.2) is 18.2 Å². The number of rotatable bonds is 2. The van der Waals surface area contributed by atoms with E-state index >= 15 is 0 Å². The zero-order chi connectivity index (χ0) is 11.5. The van der Waals surface area contributed by atoms with Gasteiger partial charge in [0.1, 0.15) is 0 Å². The number of hydrogen-bond acceptors (Lipinski definition) is 2. The van der Waals surface area contributed by atoms with Gasteiger partial charge < -0.3 is 10.6 Å². The van der Waals surface area contributed by atoms with Gasteiger partial charge in [-0.15, -0.1) is 0 Å². The predicted molar refractivity (Wildman–Crippen MR) is 65.0 cm³/mol. The summed E-state index contributed by atoms with van der Waals surface area (Å²) < 4.78 is 0. The molecule has 2 N–H and O–H groups in total. The molecule has 86 valence electrons. The van der Waals surface area contributed by atoms with Gasteiger partial charge in [0.05, 0.1) is 16.1 Å². The fraction of sp³-hybridized carbons (Fsp3) is 0.364. The third-order valence-electron chi connectivity index (χ3n) is 2.56. The van der Waals surface area contributed by atoms with E-state index in [4.69, 9.17) is 23.2 Å². The maximum absolute atomic E-state index is 11.5. The van der Waals surface area contributed by atoms with E-state index in [-0.39, 0.29) is 11.9 Å². The Kier molecular flexibility index (Phi) is 3.69. The molecule has 0 aromatic heterocycles. The van der Waals surface area contributed by atoms with Crippen LogP contribution in [0.2, 0.25) is 10.0 Å². The molecule has 1 unspecified atom stereocenters. The first kappa shape index (κ1) is 11.7. The first-order chi connectivity index (χ1) is 7.66. The summed E-state index contributed by atoms with van der Waals surface area (Å²) in [7, 11) is 0. The monoisotopic (exact) mass is 258 g/mol. The average molecular weight is 259 g/mol. The predicted octanol–water partition coefficient (Wildman–Crippen LogP) is 1.62. The standard InChI is InChI=1S/C11H12Cl2N2O/c12-8-2-1-7(5-9(8)13)6-10-11(16)15-4-3-14-10/h1-2,5,10,14H,3-4,6H2,(H,15,16). The summed E-state index contributed by atoms with van der Waals surface area (Å²) in [5, 5.41) is 7.04. The van der Waals surface area contributed by atoms with Crippen LogP contribution < -0.4 is 10.6 Å². The van der Waals surface area contributed by atoms with Crippen molar-refractivity contribution in [2.45, 2.75) is 12.5 Å². The molecule has 1 atom stereocenters. The lowest BCUT2D eigenvalue weighted by molar-refractivity contribution is -0.124. The second kappa shape index (κ2) is 5.04. The van der Waals surface area contributed by atoms with Crippen LogP contribution in [0.5, 0.6) is 0 Å². The van der Waals surface area contributed by atoms with Gasteiger partial charge in [-0.2, -0.15) is 0 Å². The minimum Gasteiger partial charge on any atom is -0.353 e. The van der Waals surface area contributed by atoms with Crippen LogP contribution in [0, 0.1) is 0 Å². The third-order valence-corrected chi connectivity index (χ3v) is 3.29. The number of piperazine rings is 1. The van der Waals surface area contributed by atoms with Crippen molar-refractivity contribution in [2.24, 2.45) is 0 Å². The van der Waals surface area contributed by atoms with Crippen molar-refractivity contribution in [1.82, 2.24) is 10.6 Å². The molecule has 0 saturated carbocycles. The lowest BCUT2D eigenvalue weighted by Crippen LogP contribution is -2.53. The van der Waals surface area contributed by atoms with E-state index in [1.54, 1.807) is 12.1 Å². The molecule has 0 bridgehead atoms. The van der Waals surface area contributed by atoms with Crippen molar-refractivity contribution in [3.63, 3.8) is 0 Å². The van der Waals surface area contributed by atoms with Crippen molar-refractivity contribution < 1.29 is 4.79 Å². The molecule has 1 fully saturated rings. The molecule has 1 aromatic rings. The van der Waals surface area contributed by atoms with Crippen molar-refractivity contribution in [3.05, 3.63) is 33.8 Å². The highest BCUT2D eigenvalue weighted by molar-refractivity contribution is 6.42. The smallest absolute Gasteiger partial charge is 0.237 e. The van der Waals surface area contributed by atoms with E-state index in [1.807, 2.05) is 6.07 Å². The molecule has 3 nitrogen and oxygen atoms in total. The van der Waals surface area contributed by atoms with Crippen LogP contribution in [0.1, 0.15) is 5.56 Å². The molecule has 0 aliphatic carbocycles. The number of amides is 1. The second-order valence-corrected chi connectivity index (χ2v) is 4.56. The molecule has 5 heteroatoms. The number of carbonyl (C=O) groups is 1. The normalized spacial score (nSPS) is 20.6. The third kappa shape index (κ3) is 2.67. The van der Waals surface area contributed by atoms with Crippen molar-refractivity contribution in [1.29, 1.82) is 0 Å². The Bertz CT molecular complexity index is 409. The second-order valence-electron chi connectivity index (χ2n) is 3.75. The zero-order valence-corrected chi connectivity index (χ0v) is 10.1. The number of hydrogen-bond donors (Lipinski definition) is 2. The van der Waals surface area contributed by atoms with E-state index in [0.29, 0.717) is 23.0 Å². The molecule has 0 radical (unpaired) electrons. The van der Waals surface area contributed by atoms with Gasteiger partial charge in [-0.05, 0) is 24.1 Å². The molecule has 1 heterocycles. The fourth-order valence-electron chi connectivity index (χ4n) is 1.72. The maximum Gasteiger partial charge on any atom is 0.237 e. The summed E-state index contributed by atoms with van der Waals surface area (Å²) in [6.07, 6.45) is 0.628. The Morgan fingerprint density at radius 1 is 1.25 bits per heavy atom. The minimum absolute atomic E-state index is 0.0392. The summed E-state index contributed by atoms with van der Waals surface area (Å²) in [6.45, 7) is 1.49. The van der Waals surface area contributed by atoms with Crippen molar-refractivity contribution >= 4 is 29.1 Å². The average Bonchev–Trinajstić information content (AvgIpc) is 2.27. The summed E-state index contributed by atoms with van der Waals surface area (Å²) >= 11 is 11.7. The summed E-state index contributed by atoms with van der Waals surface area (Å²) in [5.41, 5.74) is 1.00. The first-order valence-electron chi connectivity index (χ1n) is 5.12. The molecule has 16 heavy (non-hydrogen) atoms. The van der Waals surface area contributed by atoms with E-state index < -0.39 is 0 Å². The molecule has 1 aromatic carbocycles. The summed E-state index contributed by atoms with van der Waals surface area (Å²) in [5.74, 6) is 0.0392. The highest BCUT2D eigenvalue weighted by atomic mass is 35.5. The Hall–Kier alpha value is -0.770. The van der Waals surface area contributed by atoms with Crippen LogP contribution in [0.3, 0.4) is 0 Å².